The van der Waals surface area contributed by atoms with Gasteiger partial charge in [-0.2, -0.15) is 0 Å². The van der Waals surface area contributed by atoms with Crippen LogP contribution in [0.5, 0.6) is 0 Å². The fourth-order valence-electron chi connectivity index (χ4n) is 3.56. The zero-order chi connectivity index (χ0) is 15.6. The lowest BCUT2D eigenvalue weighted by Crippen LogP contribution is -2.30. The molecule has 2 aromatic heterocycles. The molecular weight excluding hydrogens is 302 g/mol. The van der Waals surface area contributed by atoms with E-state index in [1.165, 1.54) is 35.3 Å². The Balaban J connectivity index is 1.54. The monoisotopic (exact) mass is 323 g/mol. The summed E-state index contributed by atoms with van der Waals surface area (Å²) in [6, 6.07) is 11.3. The summed E-state index contributed by atoms with van der Waals surface area (Å²) >= 11 is 1.80. The molecule has 1 aromatic carbocycles. The second-order valence-electron chi connectivity index (χ2n) is 6.34. The van der Waals surface area contributed by atoms with Gasteiger partial charge in [-0.25, -0.2) is 4.98 Å². The van der Waals surface area contributed by atoms with Gasteiger partial charge in [-0.05, 0) is 44.0 Å². The number of benzene rings is 1. The highest BCUT2D eigenvalue weighted by Crippen LogP contribution is 2.26. The Hall–Kier alpha value is -1.78. The summed E-state index contributed by atoms with van der Waals surface area (Å²) in [5.41, 5.74) is 3.63. The van der Waals surface area contributed by atoms with Crippen molar-refractivity contribution in [3.8, 4) is 0 Å². The summed E-state index contributed by atoms with van der Waals surface area (Å²) in [6.45, 7) is 4.28. The van der Waals surface area contributed by atoms with Crippen LogP contribution in [0.4, 0.5) is 0 Å². The third kappa shape index (κ3) is 3.14. The lowest BCUT2D eigenvalue weighted by atomic mass is 10.1. The second kappa shape index (κ2) is 6.38. The molecule has 1 unspecified atom stereocenters. The topological polar surface area (TPSA) is 29.0 Å². The molecule has 4 heteroatoms. The Morgan fingerprint density at radius 2 is 2.22 bits per heavy atom. The van der Waals surface area contributed by atoms with Crippen molar-refractivity contribution in [1.82, 2.24) is 14.9 Å². The number of nitrogens with zero attached hydrogens (tertiary/aromatic N) is 3. The zero-order valence-corrected chi connectivity index (χ0v) is 14.2. The number of fused-ring (bicyclic) bond motifs is 1. The minimum atomic E-state index is 0.618. The van der Waals surface area contributed by atoms with E-state index in [-0.39, 0.29) is 0 Å². The van der Waals surface area contributed by atoms with Crippen molar-refractivity contribution in [3.63, 3.8) is 0 Å². The third-order valence-electron chi connectivity index (χ3n) is 4.69. The van der Waals surface area contributed by atoms with Gasteiger partial charge in [0.15, 0.2) is 0 Å². The number of hydrogen-bond acceptors (Lipinski definition) is 4. The van der Waals surface area contributed by atoms with Gasteiger partial charge in [0.05, 0.1) is 10.5 Å². The summed E-state index contributed by atoms with van der Waals surface area (Å²) in [5.74, 6) is 0. The zero-order valence-electron chi connectivity index (χ0n) is 13.4. The second-order valence-corrected chi connectivity index (χ2v) is 7.28. The van der Waals surface area contributed by atoms with E-state index < -0.39 is 0 Å². The molecule has 3 aromatic rings. The van der Waals surface area contributed by atoms with E-state index in [1.54, 1.807) is 11.3 Å². The summed E-state index contributed by atoms with van der Waals surface area (Å²) < 4.78 is 0. The number of aryl methyl sites for hydroxylation is 1. The average Bonchev–Trinajstić information content (AvgIpc) is 3.17. The number of hydrogen-bond donors (Lipinski definition) is 0. The van der Waals surface area contributed by atoms with Crippen LogP contribution < -0.4 is 0 Å². The number of rotatable bonds is 4. The number of aromatic nitrogens is 2. The van der Waals surface area contributed by atoms with Crippen LogP contribution in [0.1, 0.15) is 29.1 Å². The van der Waals surface area contributed by atoms with Crippen LogP contribution in [-0.2, 0) is 13.0 Å². The number of thiazole rings is 1. The highest BCUT2D eigenvalue weighted by atomic mass is 32.1. The van der Waals surface area contributed by atoms with Crippen molar-refractivity contribution >= 4 is 22.2 Å². The molecule has 1 aliphatic heterocycles. The molecule has 1 saturated heterocycles. The van der Waals surface area contributed by atoms with Gasteiger partial charge >= 0.3 is 0 Å². The molecule has 0 spiro atoms. The number of likely N-dealkylation sites (tertiary alicyclic amines) is 1. The first-order chi connectivity index (χ1) is 11.3. The fraction of sp³-hybridized carbons (Fsp3) is 0.368. The maximum atomic E-state index is 4.65. The molecule has 1 fully saturated rings. The molecule has 3 nitrogen and oxygen atoms in total. The van der Waals surface area contributed by atoms with Crippen LogP contribution in [0.15, 0.2) is 41.9 Å². The van der Waals surface area contributed by atoms with Crippen LogP contribution in [0.25, 0.3) is 10.9 Å². The Morgan fingerprint density at radius 1 is 1.26 bits per heavy atom. The first-order valence-corrected chi connectivity index (χ1v) is 9.15. The summed E-state index contributed by atoms with van der Waals surface area (Å²) in [7, 11) is 0. The van der Waals surface area contributed by atoms with Crippen molar-refractivity contribution in [2.75, 3.05) is 6.54 Å². The van der Waals surface area contributed by atoms with E-state index in [2.05, 4.69) is 51.4 Å². The van der Waals surface area contributed by atoms with Crippen molar-refractivity contribution in [2.24, 2.45) is 0 Å². The van der Waals surface area contributed by atoms with Crippen LogP contribution in [0.2, 0.25) is 0 Å². The maximum Gasteiger partial charge on any atom is 0.0943 e. The highest BCUT2D eigenvalue weighted by molar-refractivity contribution is 7.09. The van der Waals surface area contributed by atoms with Gasteiger partial charge in [-0.1, -0.05) is 18.2 Å². The van der Waals surface area contributed by atoms with Gasteiger partial charge in [-0.3, -0.25) is 9.88 Å². The molecule has 1 atom stereocenters. The van der Waals surface area contributed by atoms with Gasteiger partial charge in [-0.15, -0.1) is 11.3 Å². The minimum Gasteiger partial charge on any atom is -0.296 e. The van der Waals surface area contributed by atoms with Crippen LogP contribution in [0, 0.1) is 6.92 Å². The van der Waals surface area contributed by atoms with Gasteiger partial charge in [0.25, 0.3) is 0 Å². The highest BCUT2D eigenvalue weighted by Gasteiger charge is 2.26. The summed E-state index contributed by atoms with van der Waals surface area (Å²) in [5, 5.41) is 4.72. The molecule has 1 aliphatic rings. The first-order valence-electron chi connectivity index (χ1n) is 8.27. The van der Waals surface area contributed by atoms with E-state index in [0.717, 1.165) is 24.2 Å². The van der Waals surface area contributed by atoms with Gasteiger partial charge in [0.1, 0.15) is 0 Å². The van der Waals surface area contributed by atoms with Crippen LogP contribution in [0.3, 0.4) is 0 Å². The predicted molar refractivity (Wildman–Crippen MR) is 95.7 cm³/mol. The number of pyridine rings is 1. The normalized spacial score (nSPS) is 18.7. The Morgan fingerprint density at radius 3 is 3.09 bits per heavy atom. The van der Waals surface area contributed by atoms with Crippen molar-refractivity contribution < 1.29 is 0 Å². The lowest BCUT2D eigenvalue weighted by Gasteiger charge is -2.24. The van der Waals surface area contributed by atoms with Crippen LogP contribution >= 0.6 is 11.3 Å². The molecule has 0 aliphatic carbocycles. The molecule has 0 N–H and O–H groups in total. The van der Waals surface area contributed by atoms with Gasteiger partial charge in [0, 0.05) is 41.7 Å². The van der Waals surface area contributed by atoms with E-state index in [4.69, 9.17) is 0 Å². The Labute approximate surface area is 141 Å². The van der Waals surface area contributed by atoms with E-state index in [9.17, 15) is 0 Å². The average molecular weight is 323 g/mol. The van der Waals surface area contributed by atoms with E-state index in [1.807, 2.05) is 12.3 Å². The molecule has 0 radical (unpaired) electrons. The molecule has 4 rings (SSSR count). The lowest BCUT2D eigenvalue weighted by molar-refractivity contribution is 0.244. The SMILES string of the molecule is Cc1csc(CC2CCCN2Cc2cccc3ncccc23)n1. The van der Waals surface area contributed by atoms with E-state index >= 15 is 0 Å². The van der Waals surface area contributed by atoms with Crippen LogP contribution in [-0.4, -0.2) is 27.5 Å². The van der Waals surface area contributed by atoms with Crippen molar-refractivity contribution in [1.29, 1.82) is 0 Å². The molecular formula is C19H21N3S. The molecule has 0 amide bonds. The summed E-state index contributed by atoms with van der Waals surface area (Å²) in [6.07, 6.45) is 5.52. The largest absolute Gasteiger partial charge is 0.296 e. The van der Waals surface area contributed by atoms with E-state index in [0.29, 0.717) is 6.04 Å². The summed E-state index contributed by atoms with van der Waals surface area (Å²) in [4.78, 5) is 11.8. The Bertz CT molecular complexity index is 806. The quantitative estimate of drug-likeness (QED) is 0.720. The van der Waals surface area contributed by atoms with Crippen molar-refractivity contribution in [2.45, 2.75) is 38.8 Å². The molecule has 0 bridgehead atoms. The Kier molecular flexibility index (Phi) is 4.10. The van der Waals surface area contributed by atoms with Gasteiger partial charge in [0.2, 0.25) is 0 Å². The third-order valence-corrected chi connectivity index (χ3v) is 5.67. The minimum absolute atomic E-state index is 0.618. The standard InChI is InChI=1S/C19H21N3S/c1-14-13-23-19(21-14)11-16-6-4-10-22(16)12-15-5-2-8-18-17(15)7-3-9-20-18/h2-3,5,7-9,13,16H,4,6,10-12H2,1H3. The molecule has 3 heterocycles. The van der Waals surface area contributed by atoms with Gasteiger partial charge < -0.3 is 0 Å². The molecule has 118 valence electrons. The fourth-order valence-corrected chi connectivity index (χ4v) is 4.40. The molecule has 23 heavy (non-hydrogen) atoms. The van der Waals surface area contributed by atoms with Crippen molar-refractivity contribution in [3.05, 3.63) is 58.2 Å². The first kappa shape index (κ1) is 14.8. The smallest absolute Gasteiger partial charge is 0.0943 e. The molecule has 0 saturated carbocycles. The maximum absolute atomic E-state index is 4.65. The predicted octanol–water partition coefficient (Wildman–Crippen LogP) is 4.21.